The number of rotatable bonds is 2. The first-order chi connectivity index (χ1) is 10.1. The quantitative estimate of drug-likeness (QED) is 0.923. The lowest BCUT2D eigenvalue weighted by molar-refractivity contribution is 0.0624. The van der Waals surface area contributed by atoms with Crippen molar-refractivity contribution >= 4 is 5.91 Å². The number of amides is 1. The number of hydrogen-bond acceptors (Lipinski definition) is 3. The molecule has 0 bridgehead atoms. The molecule has 1 N–H and O–H groups in total. The zero-order chi connectivity index (χ0) is 14.8. The number of piperazine rings is 1. The molecule has 1 aromatic carbocycles. The van der Waals surface area contributed by atoms with Gasteiger partial charge in [-0.15, -0.1) is 0 Å². The Morgan fingerprint density at radius 3 is 2.76 bits per heavy atom. The first-order valence-electron chi connectivity index (χ1n) is 7.02. The van der Waals surface area contributed by atoms with Crippen molar-refractivity contribution in [3.63, 3.8) is 0 Å². The highest BCUT2D eigenvalue weighted by Gasteiger charge is 2.26. The van der Waals surface area contributed by atoms with Gasteiger partial charge in [-0.2, -0.15) is 0 Å². The minimum absolute atomic E-state index is 0.0997. The summed E-state index contributed by atoms with van der Waals surface area (Å²) in [7, 11) is 0. The van der Waals surface area contributed by atoms with Crippen LogP contribution in [-0.4, -0.2) is 36.5 Å². The molecule has 5 heteroatoms. The molecule has 1 aliphatic heterocycles. The van der Waals surface area contributed by atoms with Gasteiger partial charge in [0, 0.05) is 31.2 Å². The smallest absolute Gasteiger partial charge is 0.289 e. The second-order valence-electron chi connectivity index (χ2n) is 5.22. The first kappa shape index (κ1) is 13.8. The van der Waals surface area contributed by atoms with E-state index in [1.54, 1.807) is 24.3 Å². The second-order valence-corrected chi connectivity index (χ2v) is 5.22. The van der Waals surface area contributed by atoms with Crippen LogP contribution >= 0.6 is 0 Å². The van der Waals surface area contributed by atoms with Crippen molar-refractivity contribution in [3.05, 3.63) is 48.0 Å². The molecule has 1 amide bonds. The third kappa shape index (κ3) is 2.83. The molecule has 1 saturated heterocycles. The number of furan rings is 1. The maximum Gasteiger partial charge on any atom is 0.289 e. The maximum atomic E-state index is 12.9. The zero-order valence-electron chi connectivity index (χ0n) is 11.8. The van der Waals surface area contributed by atoms with Crippen LogP contribution in [0.2, 0.25) is 0 Å². The zero-order valence-corrected chi connectivity index (χ0v) is 11.8. The number of halogens is 1. The van der Waals surface area contributed by atoms with E-state index in [4.69, 9.17) is 4.42 Å². The molecule has 1 aromatic heterocycles. The number of carbonyl (C=O) groups excluding carboxylic acids is 1. The third-order valence-electron chi connectivity index (χ3n) is 3.71. The standard InChI is InChI=1S/C16H17FN2O2/c1-11-10-18-8-9-19(11)16(20)15-7-6-14(21-15)12-2-4-13(17)5-3-12/h2-7,11,18H,8-10H2,1H3. The summed E-state index contributed by atoms with van der Waals surface area (Å²) < 4.78 is 18.6. The molecule has 2 heterocycles. The Hall–Kier alpha value is -2.14. The molecule has 1 unspecified atom stereocenters. The fourth-order valence-corrected chi connectivity index (χ4v) is 2.51. The van der Waals surface area contributed by atoms with Crippen molar-refractivity contribution in [2.45, 2.75) is 13.0 Å². The molecule has 4 nitrogen and oxygen atoms in total. The van der Waals surface area contributed by atoms with Crippen LogP contribution in [-0.2, 0) is 0 Å². The van der Waals surface area contributed by atoms with Crippen LogP contribution < -0.4 is 5.32 Å². The molecular formula is C16H17FN2O2. The molecule has 21 heavy (non-hydrogen) atoms. The highest BCUT2D eigenvalue weighted by Crippen LogP contribution is 2.23. The Bertz CT molecular complexity index is 636. The van der Waals surface area contributed by atoms with Crippen LogP contribution in [0.4, 0.5) is 4.39 Å². The van der Waals surface area contributed by atoms with Crippen molar-refractivity contribution in [2.75, 3.05) is 19.6 Å². The van der Waals surface area contributed by atoms with E-state index in [2.05, 4.69) is 5.32 Å². The van der Waals surface area contributed by atoms with Gasteiger partial charge >= 0.3 is 0 Å². The second kappa shape index (κ2) is 5.69. The Kier molecular flexibility index (Phi) is 3.75. The highest BCUT2D eigenvalue weighted by atomic mass is 19.1. The summed E-state index contributed by atoms with van der Waals surface area (Å²) in [6, 6.07) is 9.58. The van der Waals surface area contributed by atoms with Crippen LogP contribution in [0.1, 0.15) is 17.5 Å². The molecular weight excluding hydrogens is 271 g/mol. The monoisotopic (exact) mass is 288 g/mol. The molecule has 0 radical (unpaired) electrons. The van der Waals surface area contributed by atoms with E-state index < -0.39 is 0 Å². The van der Waals surface area contributed by atoms with Crippen molar-refractivity contribution in [1.82, 2.24) is 10.2 Å². The van der Waals surface area contributed by atoms with Gasteiger partial charge in [-0.25, -0.2) is 4.39 Å². The van der Waals surface area contributed by atoms with Crippen LogP contribution in [0.25, 0.3) is 11.3 Å². The Balaban J connectivity index is 1.81. The summed E-state index contributed by atoms with van der Waals surface area (Å²) in [5.41, 5.74) is 0.754. The van der Waals surface area contributed by atoms with Gasteiger partial charge in [0.2, 0.25) is 0 Å². The topological polar surface area (TPSA) is 45.5 Å². The fraction of sp³-hybridized carbons (Fsp3) is 0.312. The molecule has 2 aromatic rings. The molecule has 3 rings (SSSR count). The van der Waals surface area contributed by atoms with Gasteiger partial charge in [0.15, 0.2) is 5.76 Å². The summed E-state index contributed by atoms with van der Waals surface area (Å²) in [6.07, 6.45) is 0. The van der Waals surface area contributed by atoms with E-state index in [1.807, 2.05) is 11.8 Å². The lowest BCUT2D eigenvalue weighted by atomic mass is 10.2. The van der Waals surface area contributed by atoms with Gasteiger partial charge in [-0.1, -0.05) is 0 Å². The number of nitrogens with one attached hydrogen (secondary N) is 1. The minimum Gasteiger partial charge on any atom is -0.451 e. The lowest BCUT2D eigenvalue weighted by Crippen LogP contribution is -2.52. The number of benzene rings is 1. The predicted octanol–water partition coefficient (Wildman–Crippen LogP) is 2.52. The van der Waals surface area contributed by atoms with Crippen LogP contribution in [0.5, 0.6) is 0 Å². The third-order valence-corrected chi connectivity index (χ3v) is 3.71. The minimum atomic E-state index is -0.295. The van der Waals surface area contributed by atoms with E-state index in [0.717, 1.165) is 18.7 Å². The van der Waals surface area contributed by atoms with Crippen LogP contribution in [0.3, 0.4) is 0 Å². The highest BCUT2D eigenvalue weighted by molar-refractivity contribution is 5.92. The Labute approximate surface area is 122 Å². The summed E-state index contributed by atoms with van der Waals surface area (Å²) in [6.45, 7) is 4.26. The summed E-state index contributed by atoms with van der Waals surface area (Å²) in [5, 5.41) is 3.25. The lowest BCUT2D eigenvalue weighted by Gasteiger charge is -2.33. The largest absolute Gasteiger partial charge is 0.451 e. The van der Waals surface area contributed by atoms with Crippen LogP contribution in [0, 0.1) is 5.82 Å². The Morgan fingerprint density at radius 2 is 2.05 bits per heavy atom. The van der Waals surface area contributed by atoms with Gasteiger partial charge in [0.1, 0.15) is 11.6 Å². The average molecular weight is 288 g/mol. The van der Waals surface area contributed by atoms with E-state index in [1.165, 1.54) is 12.1 Å². The maximum absolute atomic E-state index is 12.9. The fourth-order valence-electron chi connectivity index (χ4n) is 2.51. The summed E-state index contributed by atoms with van der Waals surface area (Å²) in [4.78, 5) is 14.3. The molecule has 0 saturated carbocycles. The van der Waals surface area contributed by atoms with Crippen molar-refractivity contribution < 1.29 is 13.6 Å². The van der Waals surface area contributed by atoms with E-state index >= 15 is 0 Å². The molecule has 110 valence electrons. The predicted molar refractivity (Wildman–Crippen MR) is 77.5 cm³/mol. The van der Waals surface area contributed by atoms with Gasteiger partial charge in [-0.05, 0) is 43.3 Å². The molecule has 1 atom stereocenters. The molecule has 0 aliphatic carbocycles. The SMILES string of the molecule is CC1CNCCN1C(=O)c1ccc(-c2ccc(F)cc2)o1. The van der Waals surface area contributed by atoms with Crippen LogP contribution in [0.15, 0.2) is 40.8 Å². The van der Waals surface area contributed by atoms with Gasteiger partial charge < -0.3 is 14.6 Å². The molecule has 0 spiro atoms. The first-order valence-corrected chi connectivity index (χ1v) is 7.02. The van der Waals surface area contributed by atoms with Gasteiger partial charge in [-0.3, -0.25) is 4.79 Å². The molecule has 1 fully saturated rings. The van der Waals surface area contributed by atoms with Gasteiger partial charge in [0.25, 0.3) is 5.91 Å². The Morgan fingerprint density at radius 1 is 1.29 bits per heavy atom. The number of hydrogen-bond donors (Lipinski definition) is 1. The molecule has 1 aliphatic rings. The van der Waals surface area contributed by atoms with Crippen molar-refractivity contribution in [1.29, 1.82) is 0 Å². The number of carbonyl (C=O) groups is 1. The summed E-state index contributed by atoms with van der Waals surface area (Å²) in [5.74, 6) is 0.498. The van der Waals surface area contributed by atoms with Crippen molar-refractivity contribution in [3.8, 4) is 11.3 Å². The van der Waals surface area contributed by atoms with E-state index in [0.29, 0.717) is 18.1 Å². The van der Waals surface area contributed by atoms with E-state index in [-0.39, 0.29) is 17.8 Å². The normalized spacial score (nSPS) is 18.8. The van der Waals surface area contributed by atoms with Crippen molar-refractivity contribution in [2.24, 2.45) is 0 Å². The van der Waals surface area contributed by atoms with E-state index in [9.17, 15) is 9.18 Å². The van der Waals surface area contributed by atoms with Gasteiger partial charge in [0.05, 0.1) is 0 Å². The average Bonchev–Trinajstić information content (AvgIpc) is 2.98. The summed E-state index contributed by atoms with van der Waals surface area (Å²) >= 11 is 0. The number of nitrogens with zero attached hydrogens (tertiary/aromatic N) is 1.